The number of carbonyl (C=O) groups excluding carboxylic acids is 2. The maximum atomic E-state index is 12.6. The topological polar surface area (TPSA) is 46.6 Å². The number of ether oxygens (including phenoxy) is 1. The minimum absolute atomic E-state index is 0.121. The van der Waals surface area contributed by atoms with E-state index in [-0.39, 0.29) is 35.9 Å². The van der Waals surface area contributed by atoms with Gasteiger partial charge in [-0.2, -0.15) is 0 Å². The normalized spacial score (nSPS) is 34.2. The maximum absolute atomic E-state index is 12.6. The molecule has 3 aliphatic rings. The lowest BCUT2D eigenvalue weighted by Crippen LogP contribution is -2.34. The highest BCUT2D eigenvalue weighted by molar-refractivity contribution is 6.23. The van der Waals surface area contributed by atoms with Crippen molar-refractivity contribution in [1.82, 2.24) is 0 Å². The average Bonchev–Trinajstić information content (AvgIpc) is 3.06. The number of hydrogen-bond acceptors (Lipinski definition) is 3. The van der Waals surface area contributed by atoms with Crippen molar-refractivity contribution in [2.45, 2.75) is 26.1 Å². The number of rotatable bonds is 1. The second kappa shape index (κ2) is 3.79. The van der Waals surface area contributed by atoms with Crippen LogP contribution < -0.4 is 4.90 Å². The Morgan fingerprint density at radius 1 is 1.00 bits per heavy atom. The Morgan fingerprint density at radius 3 is 2.15 bits per heavy atom. The van der Waals surface area contributed by atoms with Crippen LogP contribution in [0.15, 0.2) is 30.4 Å². The van der Waals surface area contributed by atoms with Gasteiger partial charge in [0.05, 0.1) is 29.7 Å². The van der Waals surface area contributed by atoms with Gasteiger partial charge in [0.1, 0.15) is 0 Å². The van der Waals surface area contributed by atoms with Crippen LogP contribution >= 0.6 is 0 Å². The molecule has 4 rings (SSSR count). The summed E-state index contributed by atoms with van der Waals surface area (Å²) in [6.07, 6.45) is 3.36. The molecular weight excluding hydrogens is 254 g/mol. The molecule has 2 fully saturated rings. The summed E-state index contributed by atoms with van der Waals surface area (Å²) < 4.78 is 5.63. The maximum Gasteiger partial charge on any atom is 0.240 e. The van der Waals surface area contributed by atoms with E-state index in [0.29, 0.717) is 5.69 Å². The standard InChI is InChI=1S/C16H15NO3/c1-8-3-4-10(9(2)7-8)17-15(18)13-11-5-6-12(20-11)14(13)16(17)19/h3-7,11-14H,1-2H3/t11-,12+,13+,14-. The number of benzene rings is 1. The van der Waals surface area contributed by atoms with Crippen molar-refractivity contribution in [3.05, 3.63) is 41.5 Å². The van der Waals surface area contributed by atoms with Gasteiger partial charge in [-0.3, -0.25) is 9.59 Å². The van der Waals surface area contributed by atoms with Crippen molar-refractivity contribution in [2.75, 3.05) is 4.90 Å². The molecule has 0 N–H and O–H groups in total. The molecule has 2 bridgehead atoms. The molecule has 1 aromatic rings. The third-order valence-corrected chi connectivity index (χ3v) is 4.50. The van der Waals surface area contributed by atoms with Crippen LogP contribution in [0.4, 0.5) is 5.69 Å². The smallest absolute Gasteiger partial charge is 0.240 e. The SMILES string of the molecule is Cc1ccc(N2C(=O)[C@@H]3[C@H](C2=O)[C@@H]2C=C[C@H]3O2)c(C)c1. The summed E-state index contributed by atoms with van der Waals surface area (Å²) in [5.74, 6) is -0.913. The summed E-state index contributed by atoms with van der Waals surface area (Å²) >= 11 is 0. The van der Waals surface area contributed by atoms with Crippen molar-refractivity contribution in [2.24, 2.45) is 11.8 Å². The molecule has 0 unspecified atom stereocenters. The molecule has 4 heteroatoms. The zero-order valence-electron chi connectivity index (χ0n) is 11.4. The van der Waals surface area contributed by atoms with E-state index in [4.69, 9.17) is 4.74 Å². The van der Waals surface area contributed by atoms with Gasteiger partial charge < -0.3 is 4.74 Å². The molecule has 0 saturated carbocycles. The lowest BCUT2D eigenvalue weighted by molar-refractivity contribution is -0.124. The van der Waals surface area contributed by atoms with Crippen molar-refractivity contribution in [3.63, 3.8) is 0 Å². The first kappa shape index (κ1) is 11.9. The number of imide groups is 1. The van der Waals surface area contributed by atoms with Gasteiger partial charge in [0.25, 0.3) is 0 Å². The van der Waals surface area contributed by atoms with Gasteiger partial charge in [0, 0.05) is 0 Å². The number of carbonyl (C=O) groups is 2. The number of fused-ring (bicyclic) bond motifs is 5. The minimum atomic E-state index is -0.335. The number of amides is 2. The van der Waals surface area contributed by atoms with Gasteiger partial charge in [-0.05, 0) is 25.5 Å². The highest BCUT2D eigenvalue weighted by atomic mass is 16.5. The highest BCUT2D eigenvalue weighted by Gasteiger charge is 2.61. The van der Waals surface area contributed by atoms with E-state index in [0.717, 1.165) is 11.1 Å². The van der Waals surface area contributed by atoms with Crippen LogP contribution in [0.5, 0.6) is 0 Å². The van der Waals surface area contributed by atoms with Gasteiger partial charge in [0.15, 0.2) is 0 Å². The van der Waals surface area contributed by atoms with Gasteiger partial charge >= 0.3 is 0 Å². The van der Waals surface area contributed by atoms with Gasteiger partial charge in [-0.25, -0.2) is 4.90 Å². The Balaban J connectivity index is 1.78. The minimum Gasteiger partial charge on any atom is -0.365 e. The lowest BCUT2D eigenvalue weighted by Gasteiger charge is -2.19. The predicted molar refractivity (Wildman–Crippen MR) is 73.2 cm³/mol. The van der Waals surface area contributed by atoms with E-state index < -0.39 is 0 Å². The summed E-state index contributed by atoms with van der Waals surface area (Å²) in [5, 5.41) is 0. The molecule has 4 atom stereocenters. The summed E-state index contributed by atoms with van der Waals surface area (Å²) in [4.78, 5) is 26.6. The first-order chi connectivity index (χ1) is 9.58. The van der Waals surface area contributed by atoms with E-state index in [1.807, 2.05) is 44.2 Å². The fourth-order valence-corrected chi connectivity index (χ4v) is 3.60. The lowest BCUT2D eigenvalue weighted by atomic mass is 9.85. The van der Waals surface area contributed by atoms with Gasteiger partial charge in [0.2, 0.25) is 11.8 Å². The van der Waals surface area contributed by atoms with Crippen LogP contribution in [0.2, 0.25) is 0 Å². The Labute approximate surface area is 117 Å². The van der Waals surface area contributed by atoms with E-state index in [1.165, 1.54) is 4.90 Å². The number of hydrogen-bond donors (Lipinski definition) is 0. The third kappa shape index (κ3) is 1.34. The van der Waals surface area contributed by atoms with Crippen LogP contribution in [-0.4, -0.2) is 24.0 Å². The van der Waals surface area contributed by atoms with E-state index >= 15 is 0 Å². The van der Waals surface area contributed by atoms with Crippen molar-refractivity contribution in [1.29, 1.82) is 0 Å². The van der Waals surface area contributed by atoms with E-state index in [2.05, 4.69) is 0 Å². The molecule has 2 amide bonds. The number of anilines is 1. The predicted octanol–water partition coefficient (Wildman–Crippen LogP) is 1.75. The summed E-state index contributed by atoms with van der Waals surface area (Å²) in [5.41, 5.74) is 2.78. The second-order valence-electron chi connectivity index (χ2n) is 5.80. The summed E-state index contributed by atoms with van der Waals surface area (Å²) in [6.45, 7) is 3.93. The molecule has 4 nitrogen and oxygen atoms in total. The average molecular weight is 269 g/mol. The summed E-state index contributed by atoms with van der Waals surface area (Å²) in [6, 6.07) is 5.78. The molecule has 0 aromatic heterocycles. The molecule has 0 spiro atoms. The van der Waals surface area contributed by atoms with Gasteiger partial charge in [-0.1, -0.05) is 29.8 Å². The Hall–Kier alpha value is -1.94. The molecule has 1 aromatic carbocycles. The van der Waals surface area contributed by atoms with E-state index in [9.17, 15) is 9.59 Å². The van der Waals surface area contributed by atoms with Crippen LogP contribution in [0.1, 0.15) is 11.1 Å². The Kier molecular flexibility index (Phi) is 2.25. The molecule has 3 aliphatic heterocycles. The van der Waals surface area contributed by atoms with Crippen LogP contribution in [0.25, 0.3) is 0 Å². The monoisotopic (exact) mass is 269 g/mol. The molecule has 3 heterocycles. The molecule has 0 radical (unpaired) electrons. The molecular formula is C16H15NO3. The van der Waals surface area contributed by atoms with Crippen LogP contribution in [0.3, 0.4) is 0 Å². The fourth-order valence-electron chi connectivity index (χ4n) is 3.60. The highest BCUT2D eigenvalue weighted by Crippen LogP contribution is 2.46. The molecule has 102 valence electrons. The van der Waals surface area contributed by atoms with Crippen molar-refractivity contribution in [3.8, 4) is 0 Å². The van der Waals surface area contributed by atoms with E-state index in [1.54, 1.807) is 0 Å². The Morgan fingerprint density at radius 2 is 1.60 bits per heavy atom. The molecule has 20 heavy (non-hydrogen) atoms. The third-order valence-electron chi connectivity index (χ3n) is 4.50. The number of aryl methyl sites for hydroxylation is 2. The molecule has 0 aliphatic carbocycles. The van der Waals surface area contributed by atoms with Gasteiger partial charge in [-0.15, -0.1) is 0 Å². The quantitative estimate of drug-likeness (QED) is 0.576. The number of nitrogens with zero attached hydrogens (tertiary/aromatic N) is 1. The second-order valence-corrected chi connectivity index (χ2v) is 5.80. The zero-order chi connectivity index (χ0) is 14.0. The first-order valence-electron chi connectivity index (χ1n) is 6.87. The largest absolute Gasteiger partial charge is 0.365 e. The van der Waals surface area contributed by atoms with Crippen LogP contribution in [-0.2, 0) is 14.3 Å². The van der Waals surface area contributed by atoms with Crippen LogP contribution in [0, 0.1) is 25.7 Å². The zero-order valence-corrected chi connectivity index (χ0v) is 11.4. The van der Waals surface area contributed by atoms with Crippen molar-refractivity contribution < 1.29 is 14.3 Å². The fraction of sp³-hybridized carbons (Fsp3) is 0.375. The molecule has 2 saturated heterocycles. The van der Waals surface area contributed by atoms with Crippen molar-refractivity contribution >= 4 is 17.5 Å². The Bertz CT molecular complexity index is 634. The summed E-state index contributed by atoms with van der Waals surface area (Å²) in [7, 11) is 0. The first-order valence-corrected chi connectivity index (χ1v) is 6.87.